The second-order valence-corrected chi connectivity index (χ2v) is 7.82. The molecule has 2 aromatic rings. The minimum absolute atomic E-state index is 0.0158. The number of anilines is 1. The summed E-state index contributed by atoms with van der Waals surface area (Å²) in [7, 11) is 0. The fourth-order valence-electron chi connectivity index (χ4n) is 2.45. The highest BCUT2D eigenvalue weighted by atomic mass is 32.2. The molecule has 0 aliphatic rings. The summed E-state index contributed by atoms with van der Waals surface area (Å²) in [5.41, 5.74) is 1.69. The van der Waals surface area contributed by atoms with E-state index in [4.69, 9.17) is 4.74 Å². The Morgan fingerprint density at radius 3 is 2.36 bits per heavy atom. The van der Waals surface area contributed by atoms with E-state index < -0.39 is 22.0 Å². The number of non-ortho nitro benzene ring substituents is 1. The van der Waals surface area contributed by atoms with Gasteiger partial charge in [-0.25, -0.2) is 0 Å². The summed E-state index contributed by atoms with van der Waals surface area (Å²) < 4.78 is 5.09. The zero-order valence-electron chi connectivity index (χ0n) is 15.9. The molecule has 28 heavy (non-hydrogen) atoms. The number of nitrogens with one attached hydrogen (secondary N) is 1. The van der Waals surface area contributed by atoms with E-state index in [-0.39, 0.29) is 18.2 Å². The molecule has 0 aliphatic carbocycles. The Morgan fingerprint density at radius 2 is 1.75 bits per heavy atom. The summed E-state index contributed by atoms with van der Waals surface area (Å²) in [4.78, 5) is 35.1. The van der Waals surface area contributed by atoms with E-state index >= 15 is 0 Å². The van der Waals surface area contributed by atoms with Crippen molar-refractivity contribution < 1.29 is 19.2 Å². The number of carbonyl (C=O) groups excluding carboxylic acids is 2. The van der Waals surface area contributed by atoms with Gasteiger partial charge in [-0.15, -0.1) is 11.8 Å². The molecule has 0 saturated heterocycles. The Labute approximate surface area is 167 Å². The maximum Gasteiger partial charge on any atom is 0.319 e. The molecular formula is C20H22N2O5S. The highest BCUT2D eigenvalue weighted by molar-refractivity contribution is 8.00. The Hall–Kier alpha value is -2.87. The van der Waals surface area contributed by atoms with Crippen molar-refractivity contribution in [3.63, 3.8) is 0 Å². The highest BCUT2D eigenvalue weighted by Crippen LogP contribution is 2.26. The summed E-state index contributed by atoms with van der Waals surface area (Å²) in [6.07, 6.45) is 0. The van der Waals surface area contributed by atoms with Crippen LogP contribution in [0.5, 0.6) is 0 Å². The minimum atomic E-state index is -0.558. The highest BCUT2D eigenvalue weighted by Gasteiger charge is 2.18. The zero-order valence-corrected chi connectivity index (χ0v) is 16.7. The lowest BCUT2D eigenvalue weighted by atomic mass is 10.0. The number of thioether (sulfide) groups is 1. The van der Waals surface area contributed by atoms with E-state index in [1.807, 2.05) is 38.1 Å². The van der Waals surface area contributed by atoms with Crippen LogP contribution in [0.25, 0.3) is 0 Å². The van der Waals surface area contributed by atoms with Gasteiger partial charge < -0.3 is 10.1 Å². The van der Waals surface area contributed by atoms with Crippen molar-refractivity contribution in [3.8, 4) is 0 Å². The third-order valence-electron chi connectivity index (χ3n) is 3.89. The third kappa shape index (κ3) is 6.09. The minimum Gasteiger partial charge on any atom is -0.455 e. The molecule has 148 valence electrons. The summed E-state index contributed by atoms with van der Waals surface area (Å²) in [6.45, 7) is 5.33. The molecule has 0 aliphatic heterocycles. The number of hydrogen-bond acceptors (Lipinski definition) is 6. The van der Waals surface area contributed by atoms with Crippen LogP contribution in [0, 0.1) is 10.1 Å². The van der Waals surface area contributed by atoms with Gasteiger partial charge in [0.25, 0.3) is 11.6 Å². The van der Waals surface area contributed by atoms with Crippen LogP contribution in [0.2, 0.25) is 0 Å². The topological polar surface area (TPSA) is 98.5 Å². The molecule has 2 rings (SSSR count). The van der Waals surface area contributed by atoms with Crippen molar-refractivity contribution in [2.45, 2.75) is 36.8 Å². The molecule has 0 aromatic heterocycles. The molecule has 1 amide bonds. The second-order valence-electron chi connectivity index (χ2n) is 6.41. The number of ether oxygens (including phenoxy) is 1. The SMILES string of the molecule is CC(C)c1ccccc1NC(=O)COC(=O)[C@@H](C)Sc1ccc([N+](=O)[O-])cc1. The van der Waals surface area contributed by atoms with Gasteiger partial charge in [-0.2, -0.15) is 0 Å². The van der Waals surface area contributed by atoms with Gasteiger partial charge in [-0.3, -0.25) is 19.7 Å². The summed E-state index contributed by atoms with van der Waals surface area (Å²) in [6, 6.07) is 13.4. The first-order valence-corrected chi connectivity index (χ1v) is 9.62. The zero-order chi connectivity index (χ0) is 20.7. The number of nitrogens with zero attached hydrogens (tertiary/aromatic N) is 1. The Balaban J connectivity index is 1.85. The Kier molecular flexibility index (Phi) is 7.57. The molecule has 8 heteroatoms. The molecule has 7 nitrogen and oxygen atoms in total. The van der Waals surface area contributed by atoms with Gasteiger partial charge in [0, 0.05) is 22.7 Å². The van der Waals surface area contributed by atoms with Crippen LogP contribution in [0.3, 0.4) is 0 Å². The van der Waals surface area contributed by atoms with E-state index in [0.29, 0.717) is 10.6 Å². The smallest absolute Gasteiger partial charge is 0.319 e. The average Bonchev–Trinajstić information content (AvgIpc) is 2.66. The number of nitro groups is 1. The van der Waals surface area contributed by atoms with Crippen molar-refractivity contribution in [3.05, 3.63) is 64.2 Å². The third-order valence-corrected chi connectivity index (χ3v) is 4.99. The fraction of sp³-hybridized carbons (Fsp3) is 0.300. The van der Waals surface area contributed by atoms with Crippen molar-refractivity contribution in [2.75, 3.05) is 11.9 Å². The van der Waals surface area contributed by atoms with Crippen molar-refractivity contribution in [1.82, 2.24) is 0 Å². The first-order valence-electron chi connectivity index (χ1n) is 8.74. The molecule has 0 bridgehead atoms. The molecule has 0 unspecified atom stereocenters. The van der Waals surface area contributed by atoms with Crippen LogP contribution >= 0.6 is 11.8 Å². The van der Waals surface area contributed by atoms with Gasteiger partial charge in [0.2, 0.25) is 0 Å². The van der Waals surface area contributed by atoms with Crippen LogP contribution < -0.4 is 5.32 Å². The molecule has 1 atom stereocenters. The fourth-order valence-corrected chi connectivity index (χ4v) is 3.32. The predicted molar refractivity (Wildman–Crippen MR) is 109 cm³/mol. The van der Waals surface area contributed by atoms with Gasteiger partial charge in [0.05, 0.1) is 4.92 Å². The van der Waals surface area contributed by atoms with Crippen LogP contribution in [0.15, 0.2) is 53.4 Å². The summed E-state index contributed by atoms with van der Waals surface area (Å²) in [5.74, 6) is -0.693. The number of benzene rings is 2. The number of hydrogen-bond donors (Lipinski definition) is 1. The maximum atomic E-state index is 12.1. The molecule has 0 fully saturated rings. The van der Waals surface area contributed by atoms with Crippen molar-refractivity contribution in [2.24, 2.45) is 0 Å². The van der Waals surface area contributed by atoms with Gasteiger partial charge in [-0.1, -0.05) is 32.0 Å². The largest absolute Gasteiger partial charge is 0.455 e. The molecular weight excluding hydrogens is 380 g/mol. The predicted octanol–water partition coefficient (Wildman–Crippen LogP) is 4.38. The van der Waals surface area contributed by atoms with Gasteiger partial charge in [-0.05, 0) is 36.6 Å². The van der Waals surface area contributed by atoms with Gasteiger partial charge in [0.15, 0.2) is 6.61 Å². The lowest BCUT2D eigenvalue weighted by molar-refractivity contribution is -0.384. The first-order chi connectivity index (χ1) is 13.3. The van der Waals surface area contributed by atoms with Crippen LogP contribution in [-0.4, -0.2) is 28.7 Å². The summed E-state index contributed by atoms with van der Waals surface area (Å²) in [5, 5.41) is 12.9. The van der Waals surface area contributed by atoms with Crippen LogP contribution in [0.1, 0.15) is 32.3 Å². The Morgan fingerprint density at radius 1 is 1.11 bits per heavy atom. The van der Waals surface area contributed by atoms with E-state index in [1.54, 1.807) is 19.1 Å². The van der Waals surface area contributed by atoms with Crippen molar-refractivity contribution >= 4 is 35.0 Å². The molecule has 2 aromatic carbocycles. The average molecular weight is 402 g/mol. The number of amides is 1. The van der Waals surface area contributed by atoms with E-state index in [0.717, 1.165) is 5.56 Å². The van der Waals surface area contributed by atoms with E-state index in [9.17, 15) is 19.7 Å². The first kappa shape index (κ1) is 21.4. The number of carbonyl (C=O) groups is 2. The molecule has 0 heterocycles. The van der Waals surface area contributed by atoms with Gasteiger partial charge >= 0.3 is 5.97 Å². The Bertz CT molecular complexity index is 852. The van der Waals surface area contributed by atoms with E-state index in [1.165, 1.54) is 23.9 Å². The summed E-state index contributed by atoms with van der Waals surface area (Å²) >= 11 is 1.21. The standard InChI is InChI=1S/C20H22N2O5S/c1-13(2)17-6-4-5-7-18(17)21-19(23)12-27-20(24)14(3)28-16-10-8-15(9-11-16)22(25)26/h4-11,13-14H,12H2,1-3H3,(H,21,23)/t14-/m1/s1. The van der Waals surface area contributed by atoms with Crippen molar-refractivity contribution in [1.29, 1.82) is 0 Å². The molecule has 1 N–H and O–H groups in total. The number of rotatable bonds is 8. The molecule has 0 saturated carbocycles. The quantitative estimate of drug-likeness (QED) is 0.304. The van der Waals surface area contributed by atoms with Gasteiger partial charge in [0.1, 0.15) is 5.25 Å². The second kappa shape index (κ2) is 9.89. The lowest BCUT2D eigenvalue weighted by Gasteiger charge is -2.14. The number of esters is 1. The monoisotopic (exact) mass is 402 g/mol. The number of para-hydroxylation sites is 1. The normalized spacial score (nSPS) is 11.7. The molecule has 0 radical (unpaired) electrons. The van der Waals surface area contributed by atoms with Crippen LogP contribution in [0.4, 0.5) is 11.4 Å². The lowest BCUT2D eigenvalue weighted by Crippen LogP contribution is -2.25. The van der Waals surface area contributed by atoms with Crippen LogP contribution in [-0.2, 0) is 14.3 Å². The molecule has 0 spiro atoms. The maximum absolute atomic E-state index is 12.1. The van der Waals surface area contributed by atoms with E-state index in [2.05, 4.69) is 5.32 Å². The number of nitro benzene ring substituents is 1.